The van der Waals surface area contributed by atoms with E-state index in [2.05, 4.69) is 0 Å². The Morgan fingerprint density at radius 2 is 1.68 bits per heavy atom. The minimum Gasteiger partial charge on any atom is -0.366 e. The SMILES string of the molecule is C[C@@H]1C(=O)N(Cc2ccc(C(N)=O)cc2)C(=O)N1c1ccc(Cl)cc1. The Kier molecular flexibility index (Phi) is 4.46. The average molecular weight is 358 g/mol. The molecule has 0 saturated carbocycles. The molecule has 4 amide bonds. The third kappa shape index (κ3) is 3.21. The van der Waals surface area contributed by atoms with E-state index in [4.69, 9.17) is 17.3 Å². The van der Waals surface area contributed by atoms with E-state index >= 15 is 0 Å². The highest BCUT2D eigenvalue weighted by atomic mass is 35.5. The van der Waals surface area contributed by atoms with Crippen LogP contribution in [0.2, 0.25) is 5.02 Å². The van der Waals surface area contributed by atoms with Crippen molar-refractivity contribution in [3.63, 3.8) is 0 Å². The summed E-state index contributed by atoms with van der Waals surface area (Å²) in [5, 5.41) is 0.556. The second-order valence-corrected chi connectivity index (χ2v) is 6.23. The first-order valence-corrected chi connectivity index (χ1v) is 8.05. The Balaban J connectivity index is 1.82. The van der Waals surface area contributed by atoms with Gasteiger partial charge in [0.25, 0.3) is 5.91 Å². The fraction of sp³-hybridized carbons (Fsp3) is 0.167. The van der Waals surface area contributed by atoms with Crippen LogP contribution in [0, 0.1) is 0 Å². The molecule has 3 rings (SSSR count). The fourth-order valence-electron chi connectivity index (χ4n) is 2.76. The first kappa shape index (κ1) is 17.0. The molecule has 0 unspecified atom stereocenters. The minimum atomic E-state index is -0.599. The summed E-state index contributed by atoms with van der Waals surface area (Å²) in [6.07, 6.45) is 0. The van der Waals surface area contributed by atoms with Crippen molar-refractivity contribution >= 4 is 35.1 Å². The smallest absolute Gasteiger partial charge is 0.332 e. The highest BCUT2D eigenvalue weighted by Crippen LogP contribution is 2.28. The third-order valence-corrected chi connectivity index (χ3v) is 4.38. The number of urea groups is 1. The van der Waals surface area contributed by atoms with Crippen molar-refractivity contribution < 1.29 is 14.4 Å². The molecule has 2 aromatic rings. The zero-order valence-corrected chi connectivity index (χ0v) is 14.2. The summed E-state index contributed by atoms with van der Waals surface area (Å²) in [5.41, 5.74) is 6.93. The Morgan fingerprint density at radius 1 is 1.08 bits per heavy atom. The minimum absolute atomic E-state index is 0.130. The van der Waals surface area contributed by atoms with Crippen LogP contribution in [-0.2, 0) is 11.3 Å². The average Bonchev–Trinajstić information content (AvgIpc) is 2.80. The molecule has 1 heterocycles. The molecule has 7 heteroatoms. The van der Waals surface area contributed by atoms with E-state index in [1.807, 2.05) is 0 Å². The van der Waals surface area contributed by atoms with Crippen molar-refractivity contribution in [2.24, 2.45) is 5.73 Å². The summed E-state index contributed by atoms with van der Waals surface area (Å²) in [6, 6.07) is 12.3. The molecule has 1 aliphatic heterocycles. The van der Waals surface area contributed by atoms with Crippen molar-refractivity contribution in [3.05, 3.63) is 64.7 Å². The van der Waals surface area contributed by atoms with Gasteiger partial charge in [-0.1, -0.05) is 23.7 Å². The molecular weight excluding hydrogens is 342 g/mol. The van der Waals surface area contributed by atoms with Gasteiger partial charge >= 0.3 is 6.03 Å². The molecule has 0 spiro atoms. The molecule has 0 radical (unpaired) electrons. The van der Waals surface area contributed by atoms with Crippen LogP contribution in [0.1, 0.15) is 22.8 Å². The second kappa shape index (κ2) is 6.57. The Hall–Kier alpha value is -2.86. The molecule has 128 valence electrons. The Labute approximate surface area is 149 Å². The highest BCUT2D eigenvalue weighted by Gasteiger charge is 2.43. The van der Waals surface area contributed by atoms with Crippen LogP contribution >= 0.6 is 11.6 Å². The number of primary amides is 1. The first-order valence-electron chi connectivity index (χ1n) is 7.67. The molecule has 2 N–H and O–H groups in total. The van der Waals surface area contributed by atoms with Gasteiger partial charge in [0, 0.05) is 16.3 Å². The normalized spacial score (nSPS) is 17.3. The zero-order chi connectivity index (χ0) is 18.1. The predicted octanol–water partition coefficient (Wildman–Crippen LogP) is 2.80. The van der Waals surface area contributed by atoms with Crippen LogP contribution in [0.4, 0.5) is 10.5 Å². The number of rotatable bonds is 4. The van der Waals surface area contributed by atoms with Gasteiger partial charge in [-0.2, -0.15) is 0 Å². The predicted molar refractivity (Wildman–Crippen MR) is 94.3 cm³/mol. The molecule has 1 aliphatic rings. The summed E-state index contributed by atoms with van der Waals surface area (Å²) in [4.78, 5) is 39.0. The van der Waals surface area contributed by atoms with Crippen molar-refractivity contribution in [1.29, 1.82) is 0 Å². The summed E-state index contributed by atoms with van der Waals surface area (Å²) in [7, 11) is 0. The van der Waals surface area contributed by atoms with Gasteiger partial charge in [0.05, 0.1) is 6.54 Å². The van der Waals surface area contributed by atoms with E-state index in [0.29, 0.717) is 16.3 Å². The van der Waals surface area contributed by atoms with E-state index in [0.717, 1.165) is 5.56 Å². The maximum atomic E-state index is 12.7. The van der Waals surface area contributed by atoms with Crippen molar-refractivity contribution in [2.75, 3.05) is 4.90 Å². The molecular formula is C18H16ClN3O3. The summed E-state index contributed by atoms with van der Waals surface area (Å²) < 4.78 is 0. The number of halogens is 1. The number of anilines is 1. The zero-order valence-electron chi connectivity index (χ0n) is 13.5. The van der Waals surface area contributed by atoms with Crippen LogP contribution in [0.5, 0.6) is 0 Å². The van der Waals surface area contributed by atoms with Crippen LogP contribution in [0.3, 0.4) is 0 Å². The van der Waals surface area contributed by atoms with E-state index < -0.39 is 11.9 Å². The van der Waals surface area contributed by atoms with Gasteiger partial charge in [-0.05, 0) is 48.9 Å². The van der Waals surface area contributed by atoms with Crippen LogP contribution in [0.25, 0.3) is 0 Å². The fourth-order valence-corrected chi connectivity index (χ4v) is 2.89. The van der Waals surface area contributed by atoms with Gasteiger partial charge in [0.2, 0.25) is 5.91 Å². The quantitative estimate of drug-likeness (QED) is 0.854. The number of hydrogen-bond acceptors (Lipinski definition) is 3. The second-order valence-electron chi connectivity index (χ2n) is 5.79. The monoisotopic (exact) mass is 357 g/mol. The summed E-state index contributed by atoms with van der Waals surface area (Å²) in [5.74, 6) is -0.804. The topological polar surface area (TPSA) is 83.7 Å². The van der Waals surface area contributed by atoms with Gasteiger partial charge in [-0.15, -0.1) is 0 Å². The maximum Gasteiger partial charge on any atom is 0.332 e. The number of nitrogens with zero attached hydrogens (tertiary/aromatic N) is 2. The lowest BCUT2D eigenvalue weighted by Gasteiger charge is -2.19. The molecule has 0 bridgehead atoms. The van der Waals surface area contributed by atoms with Gasteiger partial charge in [-0.25, -0.2) is 4.79 Å². The molecule has 25 heavy (non-hydrogen) atoms. The summed E-state index contributed by atoms with van der Waals surface area (Å²) in [6.45, 7) is 1.82. The van der Waals surface area contributed by atoms with Crippen molar-refractivity contribution in [1.82, 2.24) is 4.90 Å². The lowest BCUT2D eigenvalue weighted by atomic mass is 10.1. The van der Waals surface area contributed by atoms with E-state index in [9.17, 15) is 14.4 Å². The van der Waals surface area contributed by atoms with E-state index in [1.54, 1.807) is 55.5 Å². The largest absolute Gasteiger partial charge is 0.366 e. The number of carbonyl (C=O) groups excluding carboxylic acids is 3. The van der Waals surface area contributed by atoms with E-state index in [-0.39, 0.29) is 18.5 Å². The number of nitrogens with two attached hydrogens (primary N) is 1. The third-order valence-electron chi connectivity index (χ3n) is 4.13. The lowest BCUT2D eigenvalue weighted by Crippen LogP contribution is -2.33. The van der Waals surface area contributed by atoms with Crippen LogP contribution in [-0.4, -0.2) is 28.8 Å². The van der Waals surface area contributed by atoms with E-state index in [1.165, 1.54) is 9.80 Å². The number of benzene rings is 2. The maximum absolute atomic E-state index is 12.7. The molecule has 1 saturated heterocycles. The number of hydrogen-bond donors (Lipinski definition) is 1. The lowest BCUT2D eigenvalue weighted by molar-refractivity contribution is -0.127. The molecule has 1 fully saturated rings. The molecule has 0 aromatic heterocycles. The first-order chi connectivity index (χ1) is 11.9. The summed E-state index contributed by atoms with van der Waals surface area (Å²) >= 11 is 5.88. The van der Waals surface area contributed by atoms with Gasteiger partial charge in [0.15, 0.2) is 0 Å². The number of carbonyl (C=O) groups is 3. The number of amides is 4. The molecule has 0 aliphatic carbocycles. The Bertz CT molecular complexity index is 834. The van der Waals surface area contributed by atoms with Crippen molar-refractivity contribution in [3.8, 4) is 0 Å². The van der Waals surface area contributed by atoms with Crippen molar-refractivity contribution in [2.45, 2.75) is 19.5 Å². The highest BCUT2D eigenvalue weighted by molar-refractivity contribution is 6.30. The van der Waals surface area contributed by atoms with Gasteiger partial charge < -0.3 is 5.73 Å². The number of imide groups is 1. The van der Waals surface area contributed by atoms with Crippen LogP contribution < -0.4 is 10.6 Å². The van der Waals surface area contributed by atoms with Crippen LogP contribution in [0.15, 0.2) is 48.5 Å². The molecule has 2 aromatic carbocycles. The standard InChI is InChI=1S/C18H16ClN3O3/c1-11-17(24)21(10-12-2-4-13(5-3-12)16(20)23)18(25)22(11)15-8-6-14(19)7-9-15/h2-9,11H,10H2,1H3,(H2,20,23)/t11-/m1/s1. The molecule has 6 nitrogen and oxygen atoms in total. The van der Waals surface area contributed by atoms with Gasteiger partial charge in [0.1, 0.15) is 6.04 Å². The van der Waals surface area contributed by atoms with Gasteiger partial charge in [-0.3, -0.25) is 19.4 Å². The molecule has 1 atom stereocenters. The Morgan fingerprint density at radius 3 is 2.24 bits per heavy atom.